The van der Waals surface area contributed by atoms with Gasteiger partial charge in [-0.05, 0) is 103 Å². The SMILES string of the molecule is CC(C)c1ccccc1-c1cc(Oc2[c-]c3c(cc2)c2ccccc2n3-c2cc(C(C)(C)c3ccccc3)ccn2)[c-]c(-n2[c-][n+](-c3cc(-c4ccccc4)cc(C(C)(C)c4ccccc4)c3)c(C(C)(C)C)c2C(C)(C)C)c1.[Pt]. The summed E-state index contributed by atoms with van der Waals surface area (Å²) in [7, 11) is 0. The Kier molecular flexibility index (Phi) is 14.7. The quantitative estimate of drug-likeness (QED) is 0.0903. The van der Waals surface area contributed by atoms with Crippen LogP contribution in [0.2, 0.25) is 0 Å². The van der Waals surface area contributed by atoms with Gasteiger partial charge in [0.15, 0.2) is 0 Å². The smallest absolute Gasteiger partial charge is 0.267 e. The zero-order chi connectivity index (χ0) is 54.7. The van der Waals surface area contributed by atoms with Crippen LogP contribution in [0.1, 0.15) is 128 Å². The number of pyridine rings is 1. The van der Waals surface area contributed by atoms with Crippen molar-refractivity contribution in [1.82, 2.24) is 14.1 Å². The Bertz CT molecular complexity index is 3980. The van der Waals surface area contributed by atoms with Gasteiger partial charge in [-0.2, -0.15) is 12.1 Å². The summed E-state index contributed by atoms with van der Waals surface area (Å²) >= 11 is 0. The molecule has 0 fully saturated rings. The van der Waals surface area contributed by atoms with E-state index in [4.69, 9.17) is 9.72 Å². The molecule has 6 heteroatoms. The second-order valence-electron chi connectivity index (χ2n) is 24.4. The van der Waals surface area contributed by atoms with E-state index >= 15 is 0 Å². The number of benzene rings is 8. The largest absolute Gasteiger partial charge is 0.510 e. The van der Waals surface area contributed by atoms with Gasteiger partial charge >= 0.3 is 0 Å². The standard InChI is InChI=1S/C73H70N4O.Pt/c1-49(2)61-32-22-23-33-62(61)52-42-58(46-60(43-52)78-59-36-37-64-63-34-24-25-35-65(63)77(66(64)47-59)67-45-55(38-39-74-67)72(9,10)53-28-18-14-19-29-53)76-48-75(68(70(3,4)5)69(76)71(6,7)8)57-41-51(50-26-16-13-17-27-50)40-56(44-57)73(11,12)54-30-20-15-21-31-54;/h13-45,49H,1-12H3;/q-2;. The van der Waals surface area contributed by atoms with Gasteiger partial charge in [-0.3, -0.25) is 4.57 Å². The third-order valence-corrected chi connectivity index (χ3v) is 15.7. The molecular formula is C73H70N4OPt-2. The number of hydrogen-bond acceptors (Lipinski definition) is 2. The maximum Gasteiger partial charge on any atom is 0.267 e. The molecule has 79 heavy (non-hydrogen) atoms. The van der Waals surface area contributed by atoms with Crippen LogP contribution in [0.4, 0.5) is 0 Å². The van der Waals surface area contributed by atoms with Crippen LogP contribution < -0.4 is 9.30 Å². The van der Waals surface area contributed by atoms with Crippen molar-refractivity contribution < 1.29 is 30.4 Å². The molecule has 0 aliphatic carbocycles. The van der Waals surface area contributed by atoms with Crippen molar-refractivity contribution in [3.8, 4) is 50.9 Å². The van der Waals surface area contributed by atoms with Gasteiger partial charge < -0.3 is 13.9 Å². The minimum Gasteiger partial charge on any atom is -0.510 e. The van der Waals surface area contributed by atoms with Gasteiger partial charge in [0.1, 0.15) is 5.82 Å². The number of aromatic nitrogens is 4. The van der Waals surface area contributed by atoms with E-state index in [1.807, 2.05) is 12.3 Å². The van der Waals surface area contributed by atoms with E-state index in [1.54, 1.807) is 0 Å². The minimum atomic E-state index is -0.331. The van der Waals surface area contributed by atoms with E-state index in [2.05, 4.69) is 303 Å². The number of imidazole rings is 1. The molecule has 0 aliphatic rings. The average Bonchev–Trinajstić information content (AvgIpc) is 4.27. The normalized spacial score (nSPS) is 12.3. The Morgan fingerprint density at radius 2 is 1.13 bits per heavy atom. The van der Waals surface area contributed by atoms with Crippen molar-refractivity contribution in [2.24, 2.45) is 0 Å². The third kappa shape index (κ3) is 10.5. The number of rotatable bonds is 12. The zero-order valence-corrected chi connectivity index (χ0v) is 49.9. The van der Waals surface area contributed by atoms with Gasteiger partial charge in [0, 0.05) is 55.1 Å². The van der Waals surface area contributed by atoms with Gasteiger partial charge in [0.2, 0.25) is 0 Å². The summed E-state index contributed by atoms with van der Waals surface area (Å²) in [6.45, 7) is 27.6. The maximum atomic E-state index is 7.13. The fraction of sp³-hybridized carbons (Fsp3) is 0.233. The third-order valence-electron chi connectivity index (χ3n) is 15.7. The molecule has 5 nitrogen and oxygen atoms in total. The van der Waals surface area contributed by atoms with Crippen LogP contribution in [0, 0.1) is 18.5 Å². The second-order valence-corrected chi connectivity index (χ2v) is 24.4. The Balaban J connectivity index is 0.00000704. The fourth-order valence-corrected chi connectivity index (χ4v) is 11.4. The van der Waals surface area contributed by atoms with Crippen LogP contribution in [-0.2, 0) is 42.7 Å². The van der Waals surface area contributed by atoms with Crippen LogP contribution in [0.5, 0.6) is 11.5 Å². The molecule has 3 aromatic heterocycles. The van der Waals surface area contributed by atoms with E-state index in [9.17, 15) is 0 Å². The van der Waals surface area contributed by atoms with Crippen LogP contribution in [0.15, 0.2) is 200 Å². The number of nitrogens with zero attached hydrogens (tertiary/aromatic N) is 4. The first-order valence-corrected chi connectivity index (χ1v) is 27.5. The molecule has 400 valence electrons. The molecule has 0 unspecified atom stereocenters. The number of fused-ring (bicyclic) bond motifs is 3. The molecular weight excluding hydrogens is 1140 g/mol. The molecule has 0 aliphatic heterocycles. The summed E-state index contributed by atoms with van der Waals surface area (Å²) in [5.74, 6) is 2.26. The van der Waals surface area contributed by atoms with Gasteiger partial charge in [-0.15, -0.1) is 35.2 Å². The summed E-state index contributed by atoms with van der Waals surface area (Å²) in [6.07, 6.45) is 5.95. The molecule has 0 saturated heterocycles. The molecule has 0 atom stereocenters. The summed E-state index contributed by atoms with van der Waals surface area (Å²) < 4.78 is 13.9. The summed E-state index contributed by atoms with van der Waals surface area (Å²) in [4.78, 5) is 5.03. The van der Waals surface area contributed by atoms with Crippen molar-refractivity contribution in [1.29, 1.82) is 0 Å². The predicted molar refractivity (Wildman–Crippen MR) is 322 cm³/mol. The van der Waals surface area contributed by atoms with Crippen LogP contribution >= 0.6 is 0 Å². The molecule has 8 aromatic carbocycles. The van der Waals surface area contributed by atoms with Crippen LogP contribution in [0.25, 0.3) is 61.3 Å². The maximum absolute atomic E-state index is 7.13. The Morgan fingerprint density at radius 1 is 0.506 bits per heavy atom. The molecule has 0 spiro atoms. The second kappa shape index (κ2) is 21.2. The molecule has 11 rings (SSSR count). The Morgan fingerprint density at radius 3 is 1.78 bits per heavy atom. The zero-order valence-electron chi connectivity index (χ0n) is 47.6. The van der Waals surface area contributed by atoms with Crippen LogP contribution in [0.3, 0.4) is 0 Å². The number of para-hydroxylation sites is 1. The Hall–Kier alpha value is -7.59. The summed E-state index contributed by atoms with van der Waals surface area (Å²) in [6, 6.07) is 77.1. The molecule has 0 bridgehead atoms. The summed E-state index contributed by atoms with van der Waals surface area (Å²) in [5.41, 5.74) is 15.6. The van der Waals surface area contributed by atoms with Gasteiger partial charge in [0.25, 0.3) is 6.33 Å². The average molecular weight is 1210 g/mol. The first-order chi connectivity index (χ1) is 37.3. The van der Waals surface area contributed by atoms with E-state index in [0.29, 0.717) is 11.5 Å². The van der Waals surface area contributed by atoms with Crippen molar-refractivity contribution in [2.45, 2.75) is 111 Å². The van der Waals surface area contributed by atoms with Crippen molar-refractivity contribution in [2.75, 3.05) is 0 Å². The van der Waals surface area contributed by atoms with Crippen molar-refractivity contribution in [3.05, 3.63) is 258 Å². The molecule has 0 saturated carbocycles. The van der Waals surface area contributed by atoms with E-state index in [-0.39, 0.29) is 48.6 Å². The molecule has 11 aromatic rings. The van der Waals surface area contributed by atoms with E-state index in [0.717, 1.165) is 66.9 Å². The molecule has 0 radical (unpaired) electrons. The van der Waals surface area contributed by atoms with Gasteiger partial charge in [0.05, 0.1) is 17.1 Å². The summed E-state index contributed by atoms with van der Waals surface area (Å²) in [5, 5.41) is 2.19. The molecule has 3 heterocycles. The Labute approximate surface area is 482 Å². The first-order valence-electron chi connectivity index (χ1n) is 27.5. The van der Waals surface area contributed by atoms with Gasteiger partial charge in [-0.1, -0.05) is 228 Å². The minimum absolute atomic E-state index is 0. The van der Waals surface area contributed by atoms with Crippen LogP contribution in [-0.4, -0.2) is 14.1 Å². The molecule has 0 N–H and O–H groups in total. The number of hydrogen-bond donors (Lipinski definition) is 0. The predicted octanol–water partition coefficient (Wildman–Crippen LogP) is 18.1. The molecule has 0 amide bonds. The fourth-order valence-electron chi connectivity index (χ4n) is 11.4. The number of ether oxygens (including phenoxy) is 1. The van der Waals surface area contributed by atoms with E-state index in [1.165, 1.54) is 33.5 Å². The van der Waals surface area contributed by atoms with Gasteiger partial charge in [-0.25, -0.2) is 4.98 Å². The first kappa shape index (κ1) is 54.8. The van der Waals surface area contributed by atoms with E-state index < -0.39 is 0 Å². The monoisotopic (exact) mass is 1210 g/mol. The van der Waals surface area contributed by atoms with Crippen molar-refractivity contribution in [3.63, 3.8) is 0 Å². The van der Waals surface area contributed by atoms with Crippen molar-refractivity contribution >= 4 is 21.8 Å². The topological polar surface area (TPSA) is 35.9 Å².